The van der Waals surface area contributed by atoms with Crippen LogP contribution in [0.25, 0.3) is 0 Å². The number of nitro benzene ring substituents is 1. The molecule has 0 radical (unpaired) electrons. The number of carbonyl (C=O) groups excluding carboxylic acids is 2. The van der Waals surface area contributed by atoms with Gasteiger partial charge in [-0.3, -0.25) is 19.7 Å². The van der Waals surface area contributed by atoms with Gasteiger partial charge in [0.15, 0.2) is 6.10 Å². The zero-order valence-corrected chi connectivity index (χ0v) is 14.6. The summed E-state index contributed by atoms with van der Waals surface area (Å²) >= 11 is 0. The second kappa shape index (κ2) is 8.75. The predicted molar refractivity (Wildman–Crippen MR) is 88.6 cm³/mol. The van der Waals surface area contributed by atoms with Gasteiger partial charge in [-0.05, 0) is 12.1 Å². The number of nitrogens with zero attached hydrogens (tertiary/aromatic N) is 1. The summed E-state index contributed by atoms with van der Waals surface area (Å²) in [4.78, 5) is 32.9. The van der Waals surface area contributed by atoms with E-state index in [9.17, 15) is 29.9 Å². The fourth-order valence-corrected chi connectivity index (χ4v) is 2.67. The Morgan fingerprint density at radius 3 is 2.41 bits per heavy atom. The Hall–Kier alpha value is -2.76. The topological polar surface area (TPSA) is 157 Å². The van der Waals surface area contributed by atoms with Gasteiger partial charge in [-0.15, -0.1) is 0 Å². The Bertz CT molecular complexity index is 694. The van der Waals surface area contributed by atoms with Crippen LogP contribution in [0.15, 0.2) is 24.3 Å². The maximum atomic E-state index is 11.5. The van der Waals surface area contributed by atoms with Crippen molar-refractivity contribution in [1.82, 2.24) is 5.32 Å². The Kier molecular flexibility index (Phi) is 6.66. The molecule has 5 atom stereocenters. The van der Waals surface area contributed by atoms with Gasteiger partial charge in [-0.2, -0.15) is 0 Å². The SMILES string of the molecule is CC(=O)N[C@H]1[C@H](Oc2ccc([N+](=O)[O-])cc2)O[C@H](CO)[C@@H](OC(C)=O)[C@@H]1O. The van der Waals surface area contributed by atoms with E-state index in [1.165, 1.54) is 31.2 Å². The van der Waals surface area contributed by atoms with E-state index in [4.69, 9.17) is 14.2 Å². The van der Waals surface area contributed by atoms with Crippen molar-refractivity contribution in [2.75, 3.05) is 6.61 Å². The van der Waals surface area contributed by atoms with Gasteiger partial charge in [0.2, 0.25) is 12.2 Å². The molecule has 1 aromatic rings. The Morgan fingerprint density at radius 1 is 1.30 bits per heavy atom. The van der Waals surface area contributed by atoms with Crippen molar-refractivity contribution in [2.24, 2.45) is 0 Å². The second-order valence-electron chi connectivity index (χ2n) is 5.89. The molecule has 0 aromatic heterocycles. The van der Waals surface area contributed by atoms with Gasteiger partial charge >= 0.3 is 5.97 Å². The number of benzene rings is 1. The van der Waals surface area contributed by atoms with E-state index in [1.54, 1.807) is 0 Å². The van der Waals surface area contributed by atoms with Gasteiger partial charge in [0, 0.05) is 26.0 Å². The van der Waals surface area contributed by atoms with Crippen LogP contribution in [0.2, 0.25) is 0 Å². The van der Waals surface area contributed by atoms with E-state index in [2.05, 4.69) is 5.32 Å². The summed E-state index contributed by atoms with van der Waals surface area (Å²) in [6.07, 6.45) is -4.99. The highest BCUT2D eigenvalue weighted by molar-refractivity contribution is 5.73. The van der Waals surface area contributed by atoms with Crippen LogP contribution < -0.4 is 10.1 Å². The molecular weight excluding hydrogens is 364 g/mol. The van der Waals surface area contributed by atoms with Crippen molar-refractivity contribution in [2.45, 2.75) is 44.5 Å². The first-order valence-electron chi connectivity index (χ1n) is 8.02. The number of nitrogens with one attached hydrogen (secondary N) is 1. The lowest BCUT2D eigenvalue weighted by molar-refractivity contribution is -0.384. The van der Waals surface area contributed by atoms with Crippen LogP contribution in [0.5, 0.6) is 5.75 Å². The lowest BCUT2D eigenvalue weighted by Gasteiger charge is -2.43. The highest BCUT2D eigenvalue weighted by Gasteiger charge is 2.48. The van der Waals surface area contributed by atoms with Crippen molar-refractivity contribution in [1.29, 1.82) is 0 Å². The molecule has 1 fully saturated rings. The highest BCUT2D eigenvalue weighted by Crippen LogP contribution is 2.27. The molecule has 11 nitrogen and oxygen atoms in total. The fourth-order valence-electron chi connectivity index (χ4n) is 2.67. The number of carbonyl (C=O) groups is 2. The molecule has 27 heavy (non-hydrogen) atoms. The van der Waals surface area contributed by atoms with Gasteiger partial charge in [0.05, 0.1) is 11.5 Å². The first-order chi connectivity index (χ1) is 12.7. The molecule has 3 N–H and O–H groups in total. The molecule has 0 saturated carbocycles. The number of hydrogen-bond donors (Lipinski definition) is 3. The number of esters is 1. The van der Waals surface area contributed by atoms with Crippen molar-refractivity contribution >= 4 is 17.6 Å². The average Bonchev–Trinajstić information content (AvgIpc) is 2.60. The zero-order chi connectivity index (χ0) is 20.1. The number of hydrogen-bond acceptors (Lipinski definition) is 9. The van der Waals surface area contributed by atoms with Gasteiger partial charge in [0.25, 0.3) is 5.69 Å². The van der Waals surface area contributed by atoms with E-state index in [1.807, 2.05) is 0 Å². The second-order valence-corrected chi connectivity index (χ2v) is 5.89. The van der Waals surface area contributed by atoms with Crippen molar-refractivity contribution in [3.63, 3.8) is 0 Å². The number of nitro groups is 1. The molecule has 148 valence electrons. The third kappa shape index (κ3) is 5.12. The molecule has 1 aliphatic heterocycles. The average molecular weight is 384 g/mol. The summed E-state index contributed by atoms with van der Waals surface area (Å²) in [7, 11) is 0. The smallest absolute Gasteiger partial charge is 0.303 e. The van der Waals surface area contributed by atoms with Gasteiger partial charge < -0.3 is 29.7 Å². The molecule has 1 heterocycles. The lowest BCUT2D eigenvalue weighted by atomic mass is 9.96. The number of rotatable bonds is 6. The summed E-state index contributed by atoms with van der Waals surface area (Å²) < 4.78 is 16.1. The monoisotopic (exact) mass is 384 g/mol. The van der Waals surface area contributed by atoms with Crippen LogP contribution in [-0.4, -0.2) is 64.3 Å². The maximum Gasteiger partial charge on any atom is 0.303 e. The molecule has 1 aliphatic rings. The zero-order valence-electron chi connectivity index (χ0n) is 14.6. The highest BCUT2D eigenvalue weighted by atomic mass is 16.7. The molecule has 0 spiro atoms. The van der Waals surface area contributed by atoms with E-state index in [-0.39, 0.29) is 11.4 Å². The van der Waals surface area contributed by atoms with Crippen LogP contribution >= 0.6 is 0 Å². The molecule has 1 saturated heterocycles. The maximum absolute atomic E-state index is 11.5. The number of amides is 1. The molecule has 0 aliphatic carbocycles. The van der Waals surface area contributed by atoms with Crippen molar-refractivity contribution in [3.05, 3.63) is 34.4 Å². The Labute approximate surface area is 154 Å². The third-order valence-corrected chi connectivity index (χ3v) is 3.82. The minimum Gasteiger partial charge on any atom is -0.463 e. The quantitative estimate of drug-likeness (QED) is 0.334. The standard InChI is InChI=1S/C16H20N2O9/c1-8(20)17-13-14(22)15(25-9(2)21)12(7-19)27-16(13)26-11-5-3-10(4-6-11)18(23)24/h3-6,12-16,19,22H,7H2,1-2H3,(H,17,20)/t12-,13-,14-,15-,16-/m1/s1. The first-order valence-corrected chi connectivity index (χ1v) is 8.02. The number of aliphatic hydroxyl groups is 2. The molecular formula is C16H20N2O9. The van der Waals surface area contributed by atoms with E-state index < -0.39 is 54.1 Å². The van der Waals surface area contributed by atoms with Crippen LogP contribution in [-0.2, 0) is 19.1 Å². The first kappa shape index (κ1) is 20.6. The minimum absolute atomic E-state index is 0.145. The molecule has 1 amide bonds. The Balaban J connectivity index is 2.24. The largest absolute Gasteiger partial charge is 0.463 e. The molecule has 2 rings (SSSR count). The van der Waals surface area contributed by atoms with E-state index in [0.717, 1.165) is 6.92 Å². The predicted octanol–water partition coefficient (Wildman–Crippen LogP) is -0.512. The minimum atomic E-state index is -1.42. The normalized spacial score (nSPS) is 27.5. The summed E-state index contributed by atoms with van der Waals surface area (Å²) in [6.45, 7) is 1.77. The summed E-state index contributed by atoms with van der Waals surface area (Å²) in [5.41, 5.74) is -0.145. The van der Waals surface area contributed by atoms with Gasteiger partial charge in [0.1, 0.15) is 24.0 Å². The van der Waals surface area contributed by atoms with Crippen LogP contribution in [0, 0.1) is 10.1 Å². The number of ether oxygens (including phenoxy) is 3. The number of aliphatic hydroxyl groups excluding tert-OH is 2. The van der Waals surface area contributed by atoms with Gasteiger partial charge in [-0.1, -0.05) is 0 Å². The summed E-state index contributed by atoms with van der Waals surface area (Å²) in [6, 6.07) is 3.96. The molecule has 11 heteroatoms. The van der Waals surface area contributed by atoms with Crippen LogP contribution in [0.3, 0.4) is 0 Å². The van der Waals surface area contributed by atoms with Crippen LogP contribution in [0.1, 0.15) is 13.8 Å². The van der Waals surface area contributed by atoms with Crippen LogP contribution in [0.4, 0.5) is 5.69 Å². The molecule has 1 aromatic carbocycles. The van der Waals surface area contributed by atoms with Gasteiger partial charge in [-0.25, -0.2) is 0 Å². The Morgan fingerprint density at radius 2 is 1.93 bits per heavy atom. The van der Waals surface area contributed by atoms with E-state index in [0.29, 0.717) is 0 Å². The summed E-state index contributed by atoms with van der Waals surface area (Å²) in [5, 5.41) is 33.2. The third-order valence-electron chi connectivity index (χ3n) is 3.82. The lowest BCUT2D eigenvalue weighted by Crippen LogP contribution is -2.66. The van der Waals surface area contributed by atoms with Crippen molar-refractivity contribution in [3.8, 4) is 5.75 Å². The molecule has 0 bridgehead atoms. The van der Waals surface area contributed by atoms with E-state index >= 15 is 0 Å². The number of non-ortho nitro benzene ring substituents is 1. The fraction of sp³-hybridized carbons (Fsp3) is 0.500. The molecule has 0 unspecified atom stereocenters. The summed E-state index contributed by atoms with van der Waals surface area (Å²) in [5.74, 6) is -1.02. The van der Waals surface area contributed by atoms with Crippen molar-refractivity contribution < 1.29 is 38.9 Å².